The first-order valence-electron chi connectivity index (χ1n) is 5.74. The average Bonchev–Trinajstić information content (AvgIpc) is 2.67. The third kappa shape index (κ3) is 2.09. The quantitative estimate of drug-likeness (QED) is 0.769. The summed E-state index contributed by atoms with van der Waals surface area (Å²) in [7, 11) is 0. The van der Waals surface area contributed by atoms with E-state index in [-0.39, 0.29) is 17.3 Å². The Morgan fingerprint density at radius 1 is 1.44 bits per heavy atom. The maximum Gasteiger partial charge on any atom is 0.328 e. The van der Waals surface area contributed by atoms with Crippen LogP contribution in [-0.4, -0.2) is 16.1 Å². The number of nitrogens with one attached hydrogen (secondary N) is 1. The van der Waals surface area contributed by atoms with Crippen molar-refractivity contribution in [1.82, 2.24) is 9.55 Å². The van der Waals surface area contributed by atoms with E-state index in [1.54, 1.807) is 10.8 Å². The van der Waals surface area contributed by atoms with Crippen molar-refractivity contribution in [2.24, 2.45) is 11.7 Å². The summed E-state index contributed by atoms with van der Waals surface area (Å²) in [6.07, 6.45) is 5.78. The van der Waals surface area contributed by atoms with E-state index < -0.39 is 0 Å². The van der Waals surface area contributed by atoms with Crippen LogP contribution in [0.2, 0.25) is 0 Å². The van der Waals surface area contributed by atoms with E-state index in [0.717, 1.165) is 25.7 Å². The van der Waals surface area contributed by atoms with Crippen molar-refractivity contribution in [3.8, 4) is 0 Å². The fourth-order valence-electron chi connectivity index (χ4n) is 2.62. The molecular weight excluding hydrogens is 206 g/mol. The maximum absolute atomic E-state index is 11.7. The van der Waals surface area contributed by atoms with Crippen molar-refractivity contribution < 1.29 is 0 Å². The predicted octanol–water partition coefficient (Wildman–Crippen LogP) is 0.227. The lowest BCUT2D eigenvalue weighted by molar-refractivity contribution is 0.350. The summed E-state index contributed by atoms with van der Waals surface area (Å²) in [5, 5.41) is 0. The van der Waals surface area contributed by atoms with Crippen molar-refractivity contribution in [3.05, 3.63) is 33.1 Å². The molecule has 1 aromatic heterocycles. The summed E-state index contributed by atoms with van der Waals surface area (Å²) in [6.45, 7) is 0.652. The SMILES string of the molecule is NCCC1CCCC1n1ccc(=O)[nH]c1=O. The van der Waals surface area contributed by atoms with Gasteiger partial charge in [0.15, 0.2) is 0 Å². The van der Waals surface area contributed by atoms with Crippen LogP contribution < -0.4 is 17.0 Å². The van der Waals surface area contributed by atoms with Crippen LogP contribution in [0.4, 0.5) is 0 Å². The summed E-state index contributed by atoms with van der Waals surface area (Å²) in [5.74, 6) is 0.466. The van der Waals surface area contributed by atoms with Crippen LogP contribution in [0, 0.1) is 5.92 Å². The minimum atomic E-state index is -0.338. The molecule has 88 valence electrons. The van der Waals surface area contributed by atoms with Gasteiger partial charge in [-0.05, 0) is 31.7 Å². The fourth-order valence-corrected chi connectivity index (χ4v) is 2.62. The number of nitrogens with two attached hydrogens (primary N) is 1. The smallest absolute Gasteiger partial charge is 0.328 e. The average molecular weight is 223 g/mol. The molecule has 0 bridgehead atoms. The van der Waals surface area contributed by atoms with Gasteiger partial charge in [-0.15, -0.1) is 0 Å². The third-order valence-corrected chi connectivity index (χ3v) is 3.36. The number of rotatable bonds is 3. The fraction of sp³-hybridized carbons (Fsp3) is 0.636. The molecule has 0 aliphatic heterocycles. The Bertz CT molecular complexity index is 463. The summed E-state index contributed by atoms with van der Waals surface area (Å²) >= 11 is 0. The van der Waals surface area contributed by atoms with Gasteiger partial charge in [-0.2, -0.15) is 0 Å². The van der Waals surface area contributed by atoms with Crippen molar-refractivity contribution in [3.63, 3.8) is 0 Å². The van der Waals surface area contributed by atoms with Crippen LogP contribution in [0.1, 0.15) is 31.7 Å². The number of aromatic amines is 1. The first-order chi connectivity index (χ1) is 7.72. The van der Waals surface area contributed by atoms with Crippen molar-refractivity contribution in [2.45, 2.75) is 31.7 Å². The first kappa shape index (κ1) is 11.1. The molecule has 3 N–H and O–H groups in total. The Balaban J connectivity index is 2.29. The molecule has 2 unspecified atom stereocenters. The molecule has 0 radical (unpaired) electrons. The second kappa shape index (κ2) is 4.65. The summed E-state index contributed by atoms with van der Waals surface area (Å²) < 4.78 is 1.65. The van der Waals surface area contributed by atoms with Gasteiger partial charge in [0.05, 0.1) is 0 Å². The topological polar surface area (TPSA) is 80.9 Å². The van der Waals surface area contributed by atoms with E-state index in [2.05, 4.69) is 4.98 Å². The highest BCUT2D eigenvalue weighted by Crippen LogP contribution is 2.36. The number of hydrogen-bond acceptors (Lipinski definition) is 3. The maximum atomic E-state index is 11.7. The van der Waals surface area contributed by atoms with Gasteiger partial charge in [0, 0.05) is 18.3 Å². The number of H-pyrrole nitrogens is 1. The van der Waals surface area contributed by atoms with Crippen LogP contribution in [0.5, 0.6) is 0 Å². The zero-order chi connectivity index (χ0) is 11.5. The van der Waals surface area contributed by atoms with Gasteiger partial charge in [0.2, 0.25) is 0 Å². The van der Waals surface area contributed by atoms with E-state index in [4.69, 9.17) is 5.73 Å². The molecule has 0 amide bonds. The minimum Gasteiger partial charge on any atom is -0.330 e. The Labute approximate surface area is 93.3 Å². The normalized spacial score (nSPS) is 24.8. The predicted molar refractivity (Wildman–Crippen MR) is 61.4 cm³/mol. The lowest BCUT2D eigenvalue weighted by atomic mass is 9.99. The van der Waals surface area contributed by atoms with E-state index in [0.29, 0.717) is 12.5 Å². The van der Waals surface area contributed by atoms with E-state index >= 15 is 0 Å². The van der Waals surface area contributed by atoms with Crippen molar-refractivity contribution in [2.75, 3.05) is 6.54 Å². The van der Waals surface area contributed by atoms with Crippen LogP contribution in [0.15, 0.2) is 21.9 Å². The molecule has 2 rings (SSSR count). The standard InChI is InChI=1S/C11H17N3O2/c12-6-4-8-2-1-3-9(8)14-7-5-10(15)13-11(14)16/h5,7-9H,1-4,6,12H2,(H,13,15,16). The van der Waals surface area contributed by atoms with Gasteiger partial charge in [-0.3, -0.25) is 14.3 Å². The second-order valence-electron chi connectivity index (χ2n) is 4.35. The van der Waals surface area contributed by atoms with Crippen molar-refractivity contribution in [1.29, 1.82) is 0 Å². The summed E-state index contributed by atoms with van der Waals surface area (Å²) in [5.41, 5.74) is 4.92. The second-order valence-corrected chi connectivity index (χ2v) is 4.35. The summed E-state index contributed by atoms with van der Waals surface area (Å²) in [6, 6.07) is 1.60. The van der Waals surface area contributed by atoms with Gasteiger partial charge >= 0.3 is 5.69 Å². The van der Waals surface area contributed by atoms with Crippen LogP contribution in [0.3, 0.4) is 0 Å². The molecule has 1 aromatic rings. The van der Waals surface area contributed by atoms with E-state index in [1.807, 2.05) is 0 Å². The Hall–Kier alpha value is -1.36. The van der Waals surface area contributed by atoms with Gasteiger partial charge < -0.3 is 5.73 Å². The molecular formula is C11H17N3O2. The Morgan fingerprint density at radius 2 is 2.25 bits per heavy atom. The molecule has 5 heteroatoms. The van der Waals surface area contributed by atoms with Crippen LogP contribution in [0.25, 0.3) is 0 Å². The molecule has 0 saturated heterocycles. The molecule has 1 aliphatic carbocycles. The third-order valence-electron chi connectivity index (χ3n) is 3.36. The molecule has 0 spiro atoms. The molecule has 1 heterocycles. The van der Waals surface area contributed by atoms with E-state index in [1.165, 1.54) is 6.07 Å². The van der Waals surface area contributed by atoms with Gasteiger partial charge in [-0.1, -0.05) is 6.42 Å². The van der Waals surface area contributed by atoms with Gasteiger partial charge in [0.1, 0.15) is 0 Å². The van der Waals surface area contributed by atoms with Crippen LogP contribution in [-0.2, 0) is 0 Å². The summed E-state index contributed by atoms with van der Waals surface area (Å²) in [4.78, 5) is 24.9. The zero-order valence-electron chi connectivity index (χ0n) is 9.19. The molecule has 1 fully saturated rings. The van der Waals surface area contributed by atoms with Crippen LogP contribution >= 0.6 is 0 Å². The van der Waals surface area contributed by atoms with E-state index in [9.17, 15) is 9.59 Å². The number of aromatic nitrogens is 2. The highest BCUT2D eigenvalue weighted by molar-refractivity contribution is 4.90. The molecule has 0 aromatic carbocycles. The molecule has 1 saturated carbocycles. The molecule has 16 heavy (non-hydrogen) atoms. The highest BCUT2D eigenvalue weighted by Gasteiger charge is 2.28. The molecule has 1 aliphatic rings. The first-order valence-corrected chi connectivity index (χ1v) is 5.74. The lowest BCUT2D eigenvalue weighted by Crippen LogP contribution is -2.33. The number of nitrogens with zero attached hydrogens (tertiary/aromatic N) is 1. The van der Waals surface area contributed by atoms with Crippen molar-refractivity contribution >= 4 is 0 Å². The monoisotopic (exact) mass is 223 g/mol. The molecule has 2 atom stereocenters. The Kier molecular flexibility index (Phi) is 3.24. The zero-order valence-corrected chi connectivity index (χ0v) is 9.19. The minimum absolute atomic E-state index is 0.202. The molecule has 5 nitrogen and oxygen atoms in total. The highest BCUT2D eigenvalue weighted by atomic mass is 16.2. The Morgan fingerprint density at radius 3 is 2.94 bits per heavy atom. The lowest BCUT2D eigenvalue weighted by Gasteiger charge is -2.20. The number of hydrogen-bond donors (Lipinski definition) is 2. The largest absolute Gasteiger partial charge is 0.330 e. The van der Waals surface area contributed by atoms with Gasteiger partial charge in [-0.25, -0.2) is 4.79 Å². The van der Waals surface area contributed by atoms with Gasteiger partial charge in [0.25, 0.3) is 5.56 Å².